The van der Waals surface area contributed by atoms with Crippen LogP contribution in [0.1, 0.15) is 272 Å². The number of hydrogen-bond acceptors (Lipinski definition) is 15. The predicted octanol–water partition coefficient (Wildman–Crippen LogP) is 21.1. The lowest BCUT2D eigenvalue weighted by atomic mass is 10.1. The number of hydrogen-bond donors (Lipinski definition) is 3. The third-order valence-electron chi connectivity index (χ3n) is 14.8. The average Bonchev–Trinajstić information content (AvgIpc) is 1.04. The number of esters is 4. The molecule has 19 heteroatoms. The molecule has 0 aromatic rings. The summed E-state index contributed by atoms with van der Waals surface area (Å²) < 4.78 is 68.2. The third-order valence-corrected chi connectivity index (χ3v) is 16.7. The summed E-state index contributed by atoms with van der Waals surface area (Å²) >= 11 is 0. The van der Waals surface area contributed by atoms with Crippen molar-refractivity contribution in [2.75, 3.05) is 39.6 Å². The molecule has 0 aliphatic carbocycles. The maximum Gasteiger partial charge on any atom is 0.472 e. The first-order valence-electron chi connectivity index (χ1n) is 37.1. The quantitative estimate of drug-likeness (QED) is 0.0169. The second-order valence-corrected chi connectivity index (χ2v) is 27.0. The van der Waals surface area contributed by atoms with Gasteiger partial charge in [-0.15, -0.1) is 0 Å². The van der Waals surface area contributed by atoms with Gasteiger partial charge in [-0.25, -0.2) is 9.13 Å². The van der Waals surface area contributed by atoms with Crippen LogP contribution in [0.5, 0.6) is 0 Å². The Kier molecular flexibility index (Phi) is 66.7. The SMILES string of the molecule is CC/C=C\C/C=C\C/C=C\C/C=C\C/C=C\CC(=O)OCC(COP(=O)(O)OCC(O)COP(=O)(O)OCC(COC(=O)CCCCCCC/C=C\C/C=C\CCCCC)OC(=O)CCCCCCC/C=C\CCCCCC)OC(=O)CCCC/C=C\C/C=C\C/C=C\C/C=C\CC. The first kappa shape index (κ1) is 92.9. The summed E-state index contributed by atoms with van der Waals surface area (Å²) in [4.78, 5) is 72.7. The molecule has 0 saturated heterocycles. The zero-order valence-electron chi connectivity index (χ0n) is 60.7. The Morgan fingerprint density at radius 3 is 0.959 bits per heavy atom. The van der Waals surface area contributed by atoms with Crippen LogP contribution in [0.25, 0.3) is 0 Å². The van der Waals surface area contributed by atoms with E-state index in [2.05, 4.69) is 143 Å². The topological polar surface area (TPSA) is 237 Å². The Morgan fingerprint density at radius 1 is 0.306 bits per heavy atom. The minimum atomic E-state index is -5.01. The van der Waals surface area contributed by atoms with Gasteiger partial charge in [-0.3, -0.25) is 37.3 Å². The van der Waals surface area contributed by atoms with Crippen LogP contribution in [0.15, 0.2) is 146 Å². The average molecular weight is 1410 g/mol. The van der Waals surface area contributed by atoms with E-state index in [9.17, 15) is 43.2 Å². The molecule has 558 valence electrons. The van der Waals surface area contributed by atoms with E-state index in [1.165, 1.54) is 44.9 Å². The molecule has 0 aliphatic heterocycles. The van der Waals surface area contributed by atoms with Gasteiger partial charge in [-0.2, -0.15) is 0 Å². The van der Waals surface area contributed by atoms with Crippen molar-refractivity contribution >= 4 is 39.5 Å². The number of allylic oxidation sites excluding steroid dienone is 23. The second-order valence-electron chi connectivity index (χ2n) is 24.1. The van der Waals surface area contributed by atoms with E-state index in [0.717, 1.165) is 141 Å². The number of carbonyl (C=O) groups excluding carboxylic acids is 4. The van der Waals surface area contributed by atoms with E-state index in [-0.39, 0.29) is 25.7 Å². The molecule has 0 saturated carbocycles. The highest BCUT2D eigenvalue weighted by molar-refractivity contribution is 7.47. The Morgan fingerprint density at radius 2 is 0.571 bits per heavy atom. The number of carbonyl (C=O) groups is 4. The predicted molar refractivity (Wildman–Crippen MR) is 399 cm³/mol. The maximum absolute atomic E-state index is 13.1. The normalized spacial score (nSPS) is 14.8. The Bertz CT molecular complexity index is 2430. The van der Waals surface area contributed by atoms with E-state index in [1.54, 1.807) is 6.08 Å². The highest BCUT2D eigenvalue weighted by Gasteiger charge is 2.30. The van der Waals surface area contributed by atoms with Crippen molar-refractivity contribution < 1.29 is 80.2 Å². The summed E-state index contributed by atoms with van der Waals surface area (Å²) in [7, 11) is -10.00. The van der Waals surface area contributed by atoms with E-state index in [0.29, 0.717) is 32.1 Å². The van der Waals surface area contributed by atoms with Crippen LogP contribution in [-0.2, 0) is 65.4 Å². The summed E-state index contributed by atoms with van der Waals surface area (Å²) in [6.45, 7) is 4.38. The Balaban J connectivity index is 5.48. The van der Waals surface area contributed by atoms with Crippen LogP contribution in [0.2, 0.25) is 0 Å². The van der Waals surface area contributed by atoms with Gasteiger partial charge in [0.25, 0.3) is 0 Å². The van der Waals surface area contributed by atoms with Crippen LogP contribution >= 0.6 is 15.6 Å². The van der Waals surface area contributed by atoms with Crippen molar-refractivity contribution in [2.45, 2.75) is 290 Å². The molecule has 0 amide bonds. The molecule has 0 bridgehead atoms. The highest BCUT2D eigenvalue weighted by atomic mass is 31.2. The molecule has 0 radical (unpaired) electrons. The fourth-order valence-electron chi connectivity index (χ4n) is 9.19. The van der Waals surface area contributed by atoms with Gasteiger partial charge in [-0.1, -0.05) is 244 Å². The van der Waals surface area contributed by atoms with Crippen molar-refractivity contribution in [3.8, 4) is 0 Å². The Labute approximate surface area is 592 Å². The standard InChI is InChI=1S/C79H130O17P2/c1-5-9-13-17-21-25-29-33-36-40-43-47-51-55-59-63-76(81)89-69-74(95-78(83)65-61-57-53-49-45-39-32-28-24-20-16-12-8-4)71-93-97(85,86)91-67-73(80)68-92-98(87,88)94-72-75(96-79(84)66-62-58-54-50-46-42-38-35-31-27-23-19-15-11-7-3)70-90-77(82)64-60-56-52-48-44-41-37-34-30-26-22-18-14-10-6-2/h10-11,14-15,21-23,25-28,32-38,44,46,48,50,56,60,73-75,80H,5-9,12-13,16-20,24,29-31,39-43,45,47,49,51-55,57-59,61-72H2,1-4H3,(H,85,86)(H,87,88)/b14-10-,15-11-,25-21-,26-22-,27-23-,32-28-,36-33-,37-34-,38-35-,48-44-,50-46-,60-56-. The van der Waals surface area contributed by atoms with Gasteiger partial charge in [0, 0.05) is 19.3 Å². The van der Waals surface area contributed by atoms with Crippen molar-refractivity contribution in [1.82, 2.24) is 0 Å². The Hall–Kier alpha value is -5.06. The van der Waals surface area contributed by atoms with Crippen LogP contribution in [0, 0.1) is 0 Å². The molecule has 0 spiro atoms. The zero-order valence-corrected chi connectivity index (χ0v) is 62.4. The van der Waals surface area contributed by atoms with E-state index in [4.69, 9.17) is 37.0 Å². The number of unbranched alkanes of at least 4 members (excludes halogenated alkanes) is 19. The number of aliphatic hydroxyl groups is 1. The lowest BCUT2D eigenvalue weighted by Crippen LogP contribution is -2.30. The summed E-state index contributed by atoms with van der Waals surface area (Å²) in [5.41, 5.74) is 0. The fraction of sp³-hybridized carbons (Fsp3) is 0.646. The van der Waals surface area contributed by atoms with Crippen LogP contribution in [-0.4, -0.2) is 96.7 Å². The van der Waals surface area contributed by atoms with Crippen molar-refractivity contribution in [3.05, 3.63) is 146 Å². The molecule has 0 rings (SSSR count). The number of phosphoric acid groups is 2. The molecule has 0 heterocycles. The largest absolute Gasteiger partial charge is 0.472 e. The number of ether oxygens (including phenoxy) is 4. The minimum Gasteiger partial charge on any atom is -0.462 e. The van der Waals surface area contributed by atoms with Crippen LogP contribution in [0.3, 0.4) is 0 Å². The van der Waals surface area contributed by atoms with Crippen molar-refractivity contribution in [2.24, 2.45) is 0 Å². The summed E-state index contributed by atoms with van der Waals surface area (Å²) in [6.07, 6.45) is 78.8. The summed E-state index contributed by atoms with van der Waals surface area (Å²) in [5, 5.41) is 10.6. The second kappa shape index (κ2) is 70.4. The van der Waals surface area contributed by atoms with E-state index < -0.39 is 97.5 Å². The van der Waals surface area contributed by atoms with Crippen LogP contribution in [0.4, 0.5) is 0 Å². The van der Waals surface area contributed by atoms with Gasteiger partial charge < -0.3 is 33.8 Å². The van der Waals surface area contributed by atoms with Gasteiger partial charge in [0.15, 0.2) is 12.2 Å². The lowest BCUT2D eigenvalue weighted by molar-refractivity contribution is -0.161. The fourth-order valence-corrected chi connectivity index (χ4v) is 10.8. The van der Waals surface area contributed by atoms with E-state index >= 15 is 0 Å². The molecule has 98 heavy (non-hydrogen) atoms. The summed E-state index contributed by atoms with van der Waals surface area (Å²) in [6, 6.07) is 0. The van der Waals surface area contributed by atoms with Gasteiger partial charge in [-0.05, 0) is 148 Å². The van der Waals surface area contributed by atoms with Crippen molar-refractivity contribution in [3.63, 3.8) is 0 Å². The van der Waals surface area contributed by atoms with Gasteiger partial charge in [0.05, 0.1) is 32.8 Å². The first-order chi connectivity index (χ1) is 47.7. The van der Waals surface area contributed by atoms with Gasteiger partial charge >= 0.3 is 39.5 Å². The smallest absolute Gasteiger partial charge is 0.462 e. The molecular formula is C79H130O17P2. The molecule has 5 atom stereocenters. The molecule has 5 unspecified atom stereocenters. The van der Waals surface area contributed by atoms with Crippen LogP contribution < -0.4 is 0 Å². The summed E-state index contributed by atoms with van der Waals surface area (Å²) in [5.74, 6) is -2.41. The minimum absolute atomic E-state index is 0.0183. The monoisotopic (exact) mass is 1410 g/mol. The molecule has 0 fully saturated rings. The maximum atomic E-state index is 13.1. The molecule has 3 N–H and O–H groups in total. The van der Waals surface area contributed by atoms with Gasteiger partial charge in [0.2, 0.25) is 0 Å². The first-order valence-corrected chi connectivity index (χ1v) is 40.1. The number of phosphoric ester groups is 2. The molecule has 0 aliphatic rings. The molecule has 0 aromatic heterocycles. The highest BCUT2D eigenvalue weighted by Crippen LogP contribution is 2.45. The van der Waals surface area contributed by atoms with E-state index in [1.807, 2.05) is 24.3 Å². The third kappa shape index (κ3) is 69.4. The number of aliphatic hydroxyl groups excluding tert-OH is 1. The molecule has 17 nitrogen and oxygen atoms in total. The molecular weight excluding hydrogens is 1280 g/mol. The zero-order chi connectivity index (χ0) is 71.8. The van der Waals surface area contributed by atoms with Gasteiger partial charge in [0.1, 0.15) is 19.3 Å². The van der Waals surface area contributed by atoms with Crippen molar-refractivity contribution in [1.29, 1.82) is 0 Å². The molecule has 0 aromatic carbocycles. The lowest BCUT2D eigenvalue weighted by Gasteiger charge is -2.21. The number of rotatable bonds is 68.